The fourth-order valence-corrected chi connectivity index (χ4v) is 3.38. The van der Waals surface area contributed by atoms with Crippen LogP contribution in [0.2, 0.25) is 0 Å². The minimum absolute atomic E-state index is 0.178. The highest BCUT2D eigenvalue weighted by Gasteiger charge is 2.15. The van der Waals surface area contributed by atoms with Gasteiger partial charge in [-0.1, -0.05) is 24.3 Å². The number of aromatic nitrogens is 3. The molecule has 0 aliphatic heterocycles. The van der Waals surface area contributed by atoms with Crippen molar-refractivity contribution in [2.45, 2.75) is 26.4 Å². The van der Waals surface area contributed by atoms with E-state index in [2.05, 4.69) is 41.1 Å². The second kappa shape index (κ2) is 7.40. The maximum atomic E-state index is 12.0. The standard InChI is InChI=1S/C22H22N4O2/c1-15-4-9-20-18(11-22(27)28-21(20)10-15)12-25(3)16(2)17-5-7-19(8-6-17)26-14-23-13-24-26/h4-11,13-14,16H,12H2,1-3H3/t16-/m1/s1. The number of hydrogen-bond acceptors (Lipinski definition) is 5. The Bertz CT molecular complexity index is 1150. The third kappa shape index (κ3) is 3.59. The predicted molar refractivity (Wildman–Crippen MR) is 108 cm³/mol. The van der Waals surface area contributed by atoms with Crippen LogP contribution in [0.1, 0.15) is 29.7 Å². The molecule has 0 aliphatic carbocycles. The Labute approximate surface area is 163 Å². The Morgan fingerprint density at radius 1 is 1.14 bits per heavy atom. The Balaban J connectivity index is 1.57. The summed E-state index contributed by atoms with van der Waals surface area (Å²) in [4.78, 5) is 18.2. The van der Waals surface area contributed by atoms with Crippen LogP contribution in [-0.2, 0) is 6.54 Å². The summed E-state index contributed by atoms with van der Waals surface area (Å²) in [5.74, 6) is 0. The summed E-state index contributed by atoms with van der Waals surface area (Å²) in [6.45, 7) is 4.79. The zero-order chi connectivity index (χ0) is 19.7. The third-order valence-corrected chi connectivity index (χ3v) is 5.13. The average molecular weight is 374 g/mol. The van der Waals surface area contributed by atoms with Crippen molar-refractivity contribution in [2.24, 2.45) is 0 Å². The normalized spacial score (nSPS) is 12.6. The van der Waals surface area contributed by atoms with Crippen molar-refractivity contribution in [3.63, 3.8) is 0 Å². The topological polar surface area (TPSA) is 64.2 Å². The molecule has 2 heterocycles. The molecule has 2 aromatic heterocycles. The fourth-order valence-electron chi connectivity index (χ4n) is 3.38. The van der Waals surface area contributed by atoms with Gasteiger partial charge in [-0.2, -0.15) is 5.10 Å². The molecule has 142 valence electrons. The molecule has 0 unspecified atom stereocenters. The van der Waals surface area contributed by atoms with Gasteiger partial charge in [-0.3, -0.25) is 4.90 Å². The van der Waals surface area contributed by atoms with Crippen LogP contribution in [0, 0.1) is 6.92 Å². The molecule has 4 aromatic rings. The molecule has 28 heavy (non-hydrogen) atoms. The van der Waals surface area contributed by atoms with Gasteiger partial charge in [0.05, 0.1) is 5.69 Å². The average Bonchev–Trinajstić information content (AvgIpc) is 3.21. The van der Waals surface area contributed by atoms with Crippen molar-refractivity contribution in [3.05, 3.63) is 88.3 Å². The van der Waals surface area contributed by atoms with Crippen molar-refractivity contribution in [1.82, 2.24) is 19.7 Å². The van der Waals surface area contributed by atoms with Crippen LogP contribution >= 0.6 is 0 Å². The molecule has 0 saturated carbocycles. The summed E-state index contributed by atoms with van der Waals surface area (Å²) in [5.41, 5.74) is 4.53. The molecular weight excluding hydrogens is 352 g/mol. The van der Waals surface area contributed by atoms with Crippen LogP contribution in [0.3, 0.4) is 0 Å². The van der Waals surface area contributed by atoms with Gasteiger partial charge in [-0.05, 0) is 55.8 Å². The van der Waals surface area contributed by atoms with E-state index in [0.717, 1.165) is 22.2 Å². The third-order valence-electron chi connectivity index (χ3n) is 5.13. The number of aryl methyl sites for hydroxylation is 1. The summed E-state index contributed by atoms with van der Waals surface area (Å²) in [6.07, 6.45) is 3.20. The van der Waals surface area contributed by atoms with Crippen LogP contribution in [-0.4, -0.2) is 26.7 Å². The number of nitrogens with zero attached hydrogens (tertiary/aromatic N) is 4. The van der Waals surface area contributed by atoms with E-state index in [1.165, 1.54) is 11.9 Å². The SMILES string of the molecule is Cc1ccc2c(CN(C)[C@H](C)c3ccc(-n4cncn4)cc3)cc(=O)oc2c1. The van der Waals surface area contributed by atoms with Gasteiger partial charge in [0.15, 0.2) is 0 Å². The molecule has 0 N–H and O–H groups in total. The van der Waals surface area contributed by atoms with Crippen LogP contribution < -0.4 is 5.63 Å². The molecule has 1 atom stereocenters. The first-order chi connectivity index (χ1) is 13.5. The maximum Gasteiger partial charge on any atom is 0.336 e. The van der Waals surface area contributed by atoms with E-state index in [1.807, 2.05) is 37.3 Å². The van der Waals surface area contributed by atoms with Crippen molar-refractivity contribution in [1.29, 1.82) is 0 Å². The molecule has 0 bridgehead atoms. The second-order valence-corrected chi connectivity index (χ2v) is 7.11. The quantitative estimate of drug-likeness (QED) is 0.496. The number of fused-ring (bicyclic) bond motifs is 1. The monoisotopic (exact) mass is 374 g/mol. The van der Waals surface area contributed by atoms with Crippen molar-refractivity contribution in [2.75, 3.05) is 7.05 Å². The lowest BCUT2D eigenvalue weighted by Crippen LogP contribution is -2.22. The van der Waals surface area contributed by atoms with Gasteiger partial charge in [-0.25, -0.2) is 14.5 Å². The molecule has 4 rings (SSSR count). The van der Waals surface area contributed by atoms with E-state index >= 15 is 0 Å². The lowest BCUT2D eigenvalue weighted by atomic mass is 10.0. The fraction of sp³-hybridized carbons (Fsp3) is 0.227. The molecule has 6 heteroatoms. The number of hydrogen-bond donors (Lipinski definition) is 0. The number of rotatable bonds is 5. The number of benzene rings is 2. The zero-order valence-corrected chi connectivity index (χ0v) is 16.2. The largest absolute Gasteiger partial charge is 0.423 e. The highest BCUT2D eigenvalue weighted by Crippen LogP contribution is 2.25. The Kier molecular flexibility index (Phi) is 4.79. The Hall–Kier alpha value is -3.25. The summed E-state index contributed by atoms with van der Waals surface area (Å²) in [5, 5.41) is 5.13. The van der Waals surface area contributed by atoms with Gasteiger partial charge >= 0.3 is 5.63 Å². The van der Waals surface area contributed by atoms with Gasteiger partial charge in [0.2, 0.25) is 0 Å². The highest BCUT2D eigenvalue weighted by atomic mass is 16.4. The Morgan fingerprint density at radius 2 is 1.93 bits per heavy atom. The van der Waals surface area contributed by atoms with E-state index in [4.69, 9.17) is 4.42 Å². The first-order valence-electron chi connectivity index (χ1n) is 9.20. The lowest BCUT2D eigenvalue weighted by molar-refractivity contribution is 0.253. The highest BCUT2D eigenvalue weighted by molar-refractivity contribution is 5.80. The molecule has 0 aliphatic rings. The van der Waals surface area contributed by atoms with Crippen molar-refractivity contribution < 1.29 is 4.42 Å². The van der Waals surface area contributed by atoms with E-state index in [1.54, 1.807) is 17.1 Å². The van der Waals surface area contributed by atoms with Gasteiger partial charge < -0.3 is 4.42 Å². The predicted octanol–water partition coefficient (Wildman–Crippen LogP) is 3.88. The Morgan fingerprint density at radius 3 is 2.64 bits per heavy atom. The molecule has 0 fully saturated rings. The first-order valence-corrected chi connectivity index (χ1v) is 9.20. The van der Waals surface area contributed by atoms with Crippen LogP contribution in [0.15, 0.2) is 70.4 Å². The van der Waals surface area contributed by atoms with E-state index in [9.17, 15) is 4.79 Å². The van der Waals surface area contributed by atoms with Crippen LogP contribution in [0.5, 0.6) is 0 Å². The molecule has 0 amide bonds. The maximum absolute atomic E-state index is 12.0. The summed E-state index contributed by atoms with van der Waals surface area (Å²) < 4.78 is 7.10. The smallest absolute Gasteiger partial charge is 0.336 e. The second-order valence-electron chi connectivity index (χ2n) is 7.11. The van der Waals surface area contributed by atoms with Crippen molar-refractivity contribution >= 4 is 11.0 Å². The molecule has 6 nitrogen and oxygen atoms in total. The van der Waals surface area contributed by atoms with Crippen molar-refractivity contribution in [3.8, 4) is 5.69 Å². The first kappa shape index (κ1) is 18.1. The van der Waals surface area contributed by atoms with Crippen LogP contribution in [0.4, 0.5) is 0 Å². The lowest BCUT2D eigenvalue weighted by Gasteiger charge is -2.25. The molecule has 2 aromatic carbocycles. The molecular formula is C22H22N4O2. The van der Waals surface area contributed by atoms with Gasteiger partial charge in [-0.15, -0.1) is 0 Å². The molecule has 0 spiro atoms. The summed E-state index contributed by atoms with van der Waals surface area (Å²) >= 11 is 0. The van der Waals surface area contributed by atoms with E-state index in [0.29, 0.717) is 12.1 Å². The summed E-state index contributed by atoms with van der Waals surface area (Å²) in [7, 11) is 2.06. The van der Waals surface area contributed by atoms with Crippen LogP contribution in [0.25, 0.3) is 16.7 Å². The summed E-state index contributed by atoms with van der Waals surface area (Å²) in [6, 6.07) is 16.0. The van der Waals surface area contributed by atoms with Gasteiger partial charge in [0.25, 0.3) is 0 Å². The zero-order valence-electron chi connectivity index (χ0n) is 16.2. The van der Waals surface area contributed by atoms with Gasteiger partial charge in [0.1, 0.15) is 18.2 Å². The molecule has 0 radical (unpaired) electrons. The van der Waals surface area contributed by atoms with Gasteiger partial charge in [0, 0.05) is 24.0 Å². The molecule has 0 saturated heterocycles. The van der Waals surface area contributed by atoms with E-state index in [-0.39, 0.29) is 11.7 Å². The minimum atomic E-state index is -0.314. The van der Waals surface area contributed by atoms with E-state index < -0.39 is 0 Å². The minimum Gasteiger partial charge on any atom is -0.423 e.